The van der Waals surface area contributed by atoms with Crippen LogP contribution in [0.15, 0.2) is 41.1 Å². The summed E-state index contributed by atoms with van der Waals surface area (Å²) in [5.74, 6) is -2.78. The lowest BCUT2D eigenvalue weighted by molar-refractivity contribution is 0.103. The molecular formula is C14H7BrF2N2O. The number of H-pyrrole nitrogens is 1. The Morgan fingerprint density at radius 1 is 1.25 bits per heavy atom. The van der Waals surface area contributed by atoms with Gasteiger partial charge in [0.05, 0.1) is 5.56 Å². The van der Waals surface area contributed by atoms with Gasteiger partial charge in [-0.15, -0.1) is 0 Å². The summed E-state index contributed by atoms with van der Waals surface area (Å²) in [7, 11) is 0. The Balaban J connectivity index is 2.18. The summed E-state index contributed by atoms with van der Waals surface area (Å²) in [6, 6.07) is 5.22. The topological polar surface area (TPSA) is 45.8 Å². The van der Waals surface area contributed by atoms with Crippen molar-refractivity contribution >= 4 is 32.7 Å². The van der Waals surface area contributed by atoms with Gasteiger partial charge in [0.1, 0.15) is 5.65 Å². The molecule has 100 valence electrons. The molecule has 0 atom stereocenters. The first-order chi connectivity index (χ1) is 9.58. The second-order valence-electron chi connectivity index (χ2n) is 4.18. The zero-order chi connectivity index (χ0) is 14.3. The Labute approximate surface area is 120 Å². The third kappa shape index (κ3) is 2.02. The fourth-order valence-electron chi connectivity index (χ4n) is 1.99. The molecule has 0 fully saturated rings. The van der Waals surface area contributed by atoms with Gasteiger partial charge < -0.3 is 4.98 Å². The fraction of sp³-hybridized carbons (Fsp3) is 0. The number of hydrogen-bond donors (Lipinski definition) is 1. The lowest BCUT2D eigenvalue weighted by atomic mass is 10.0. The van der Waals surface area contributed by atoms with Crippen molar-refractivity contribution in [2.24, 2.45) is 0 Å². The van der Waals surface area contributed by atoms with E-state index in [4.69, 9.17) is 0 Å². The maximum atomic E-state index is 13.7. The highest BCUT2D eigenvalue weighted by Gasteiger charge is 2.20. The molecule has 1 N–H and O–H groups in total. The second-order valence-corrected chi connectivity index (χ2v) is 5.10. The van der Waals surface area contributed by atoms with E-state index >= 15 is 0 Å². The maximum Gasteiger partial charge on any atom is 0.198 e. The van der Waals surface area contributed by atoms with Gasteiger partial charge >= 0.3 is 0 Å². The molecule has 0 saturated carbocycles. The minimum absolute atomic E-state index is 0.248. The second kappa shape index (κ2) is 4.79. The quantitative estimate of drug-likeness (QED) is 0.723. The predicted molar refractivity (Wildman–Crippen MR) is 73.6 cm³/mol. The first kappa shape index (κ1) is 12.9. The van der Waals surface area contributed by atoms with Gasteiger partial charge in [-0.25, -0.2) is 13.8 Å². The summed E-state index contributed by atoms with van der Waals surface area (Å²) in [5.41, 5.74) is 0.456. The number of nitrogens with zero attached hydrogens (tertiary/aromatic N) is 1. The van der Waals surface area contributed by atoms with Gasteiger partial charge in [-0.05, 0) is 34.1 Å². The molecule has 3 rings (SSSR count). The number of rotatable bonds is 2. The van der Waals surface area contributed by atoms with E-state index in [1.807, 2.05) is 0 Å². The number of ketones is 1. The Bertz CT molecular complexity index is 829. The van der Waals surface area contributed by atoms with Crippen LogP contribution in [0.4, 0.5) is 8.78 Å². The average molecular weight is 337 g/mol. The van der Waals surface area contributed by atoms with Crippen LogP contribution in [0, 0.1) is 11.6 Å². The number of aromatic nitrogens is 2. The van der Waals surface area contributed by atoms with E-state index in [1.165, 1.54) is 18.3 Å². The van der Waals surface area contributed by atoms with Crippen LogP contribution in [0.3, 0.4) is 0 Å². The van der Waals surface area contributed by atoms with Gasteiger partial charge in [-0.1, -0.05) is 6.07 Å². The molecule has 0 unspecified atom stereocenters. The normalized spacial score (nSPS) is 10.9. The molecule has 3 nitrogen and oxygen atoms in total. The summed E-state index contributed by atoms with van der Waals surface area (Å²) in [6.45, 7) is 0. The molecule has 2 aromatic heterocycles. The number of aromatic amines is 1. The molecule has 0 amide bonds. The van der Waals surface area contributed by atoms with Crippen molar-refractivity contribution in [2.75, 3.05) is 0 Å². The van der Waals surface area contributed by atoms with Crippen molar-refractivity contribution in [1.29, 1.82) is 0 Å². The Morgan fingerprint density at radius 2 is 2.05 bits per heavy atom. The molecule has 0 bridgehead atoms. The van der Waals surface area contributed by atoms with Gasteiger partial charge in [0.15, 0.2) is 17.4 Å². The minimum atomic E-state index is -1.14. The molecule has 0 aliphatic heterocycles. The number of nitrogens with one attached hydrogen (secondary N) is 1. The Morgan fingerprint density at radius 3 is 2.85 bits per heavy atom. The molecule has 2 heterocycles. The zero-order valence-electron chi connectivity index (χ0n) is 9.95. The highest BCUT2D eigenvalue weighted by molar-refractivity contribution is 9.10. The largest absolute Gasteiger partial charge is 0.345 e. The van der Waals surface area contributed by atoms with Gasteiger partial charge in [-0.2, -0.15) is 0 Å². The maximum absolute atomic E-state index is 13.7. The average Bonchev–Trinajstić information content (AvgIpc) is 2.84. The third-order valence-electron chi connectivity index (χ3n) is 2.94. The van der Waals surface area contributed by atoms with E-state index in [2.05, 4.69) is 25.9 Å². The molecule has 0 spiro atoms. The van der Waals surface area contributed by atoms with Crippen LogP contribution in [-0.4, -0.2) is 15.8 Å². The summed E-state index contributed by atoms with van der Waals surface area (Å²) >= 11 is 3.26. The zero-order valence-corrected chi connectivity index (χ0v) is 11.5. The number of hydrogen-bond acceptors (Lipinski definition) is 2. The van der Waals surface area contributed by atoms with Gasteiger partial charge in [0.2, 0.25) is 0 Å². The van der Waals surface area contributed by atoms with Crippen LogP contribution in [0.25, 0.3) is 11.0 Å². The molecule has 0 radical (unpaired) electrons. The minimum Gasteiger partial charge on any atom is -0.345 e. The van der Waals surface area contributed by atoms with Crippen LogP contribution >= 0.6 is 15.9 Å². The van der Waals surface area contributed by atoms with Crippen LogP contribution in [0.1, 0.15) is 15.9 Å². The highest BCUT2D eigenvalue weighted by atomic mass is 79.9. The fourth-order valence-corrected chi connectivity index (χ4v) is 2.32. The number of halogens is 3. The van der Waals surface area contributed by atoms with Gasteiger partial charge in [-0.3, -0.25) is 4.79 Å². The van der Waals surface area contributed by atoms with Crippen molar-refractivity contribution in [2.45, 2.75) is 0 Å². The summed E-state index contributed by atoms with van der Waals surface area (Å²) < 4.78 is 27.6. The molecule has 0 aliphatic rings. The first-order valence-electron chi connectivity index (χ1n) is 5.69. The van der Waals surface area contributed by atoms with E-state index < -0.39 is 17.4 Å². The predicted octanol–water partition coefficient (Wildman–Crippen LogP) is 3.83. The van der Waals surface area contributed by atoms with E-state index in [1.54, 1.807) is 12.3 Å². The van der Waals surface area contributed by atoms with Crippen LogP contribution in [-0.2, 0) is 0 Å². The number of pyridine rings is 1. The number of fused-ring (bicyclic) bond motifs is 1. The smallest absolute Gasteiger partial charge is 0.198 e. The van der Waals surface area contributed by atoms with Crippen LogP contribution in [0.2, 0.25) is 0 Å². The first-order valence-corrected chi connectivity index (χ1v) is 6.48. The monoisotopic (exact) mass is 336 g/mol. The Hall–Kier alpha value is -2.08. The molecule has 0 saturated heterocycles. The molecule has 1 aromatic carbocycles. The third-order valence-corrected chi connectivity index (χ3v) is 3.37. The molecule has 3 aromatic rings. The molecule has 0 aliphatic carbocycles. The van der Waals surface area contributed by atoms with E-state index in [9.17, 15) is 13.6 Å². The summed E-state index contributed by atoms with van der Waals surface area (Å²) in [5, 5.41) is 0.549. The lowest BCUT2D eigenvalue weighted by Gasteiger charge is -2.02. The lowest BCUT2D eigenvalue weighted by Crippen LogP contribution is -2.05. The molecule has 20 heavy (non-hydrogen) atoms. The van der Waals surface area contributed by atoms with Crippen LogP contribution in [0.5, 0.6) is 0 Å². The van der Waals surface area contributed by atoms with Gasteiger partial charge in [0, 0.05) is 27.8 Å². The van der Waals surface area contributed by atoms with Gasteiger partial charge in [0.25, 0.3) is 0 Å². The summed E-state index contributed by atoms with van der Waals surface area (Å²) in [4.78, 5) is 19.3. The van der Waals surface area contributed by atoms with E-state index in [-0.39, 0.29) is 11.1 Å². The van der Waals surface area contributed by atoms with Crippen molar-refractivity contribution < 1.29 is 13.6 Å². The summed E-state index contributed by atoms with van der Waals surface area (Å²) in [6.07, 6.45) is 3.02. The van der Waals surface area contributed by atoms with Crippen molar-refractivity contribution in [3.8, 4) is 0 Å². The van der Waals surface area contributed by atoms with Crippen molar-refractivity contribution in [1.82, 2.24) is 9.97 Å². The number of benzene rings is 1. The SMILES string of the molecule is O=C(c1cccc(F)c1F)c1c[nH]c2ncc(Br)cc12. The van der Waals surface area contributed by atoms with Crippen molar-refractivity contribution in [3.05, 3.63) is 63.9 Å². The van der Waals surface area contributed by atoms with Crippen molar-refractivity contribution in [3.63, 3.8) is 0 Å². The van der Waals surface area contributed by atoms with E-state index in [0.29, 0.717) is 15.5 Å². The van der Waals surface area contributed by atoms with Crippen LogP contribution < -0.4 is 0 Å². The number of carbonyl (C=O) groups excluding carboxylic acids is 1. The Kier molecular flexibility index (Phi) is 3.10. The van der Waals surface area contributed by atoms with E-state index in [0.717, 1.165) is 6.07 Å². The molecular weight excluding hydrogens is 330 g/mol. The number of carbonyl (C=O) groups is 1. The highest BCUT2D eigenvalue weighted by Crippen LogP contribution is 2.24. The standard InChI is InChI=1S/C14H7BrF2N2O/c15-7-4-9-10(6-19-14(9)18-5-7)13(20)8-2-1-3-11(16)12(8)17/h1-6H,(H,18,19). The molecule has 6 heteroatoms.